The van der Waals surface area contributed by atoms with Gasteiger partial charge in [0.1, 0.15) is 0 Å². The predicted molar refractivity (Wildman–Crippen MR) is 123 cm³/mol. The highest BCUT2D eigenvalue weighted by Gasteiger charge is 2.30. The topological polar surface area (TPSA) is 75.3 Å². The van der Waals surface area contributed by atoms with Gasteiger partial charge in [-0.3, -0.25) is 9.52 Å². The first-order chi connectivity index (χ1) is 15.5. The van der Waals surface area contributed by atoms with Crippen LogP contribution in [0.1, 0.15) is 20.8 Å². The Labute approximate surface area is 191 Å². The van der Waals surface area contributed by atoms with E-state index in [-0.39, 0.29) is 9.77 Å². The predicted octanol–water partition coefficient (Wildman–Crippen LogP) is 6.28. The molecule has 1 heterocycles. The van der Waals surface area contributed by atoms with E-state index in [1.807, 2.05) is 6.92 Å². The maximum Gasteiger partial charge on any atom is 0.416 e. The van der Waals surface area contributed by atoms with Gasteiger partial charge in [0.25, 0.3) is 15.9 Å². The molecule has 0 fully saturated rings. The Hall–Kier alpha value is -3.37. The number of sulfonamides is 1. The number of thiophene rings is 1. The highest BCUT2D eigenvalue weighted by atomic mass is 32.2. The lowest BCUT2D eigenvalue weighted by molar-refractivity contribution is -0.137. The van der Waals surface area contributed by atoms with Crippen LogP contribution in [0.25, 0.3) is 10.1 Å². The number of carbonyl (C=O) groups excluding carboxylic acids is 1. The molecule has 33 heavy (non-hydrogen) atoms. The first-order valence-corrected chi connectivity index (χ1v) is 11.9. The molecule has 10 heteroatoms. The summed E-state index contributed by atoms with van der Waals surface area (Å²) in [6.07, 6.45) is -4.46. The van der Waals surface area contributed by atoms with Gasteiger partial charge in [-0.25, -0.2) is 8.42 Å². The fraction of sp³-hybridized carbons (Fsp3) is 0.0870. The number of halogens is 3. The van der Waals surface area contributed by atoms with Gasteiger partial charge in [0.15, 0.2) is 0 Å². The van der Waals surface area contributed by atoms with Crippen LogP contribution in [0.4, 0.5) is 24.5 Å². The molecular weight excluding hydrogens is 473 g/mol. The SMILES string of the molecule is Cc1ccc(S(=O)(=O)Nc2ccc(NC(=O)c3cc4cc(C(F)(F)F)ccc4s3)cc2)cc1. The second kappa shape index (κ2) is 8.53. The molecule has 0 spiro atoms. The number of benzene rings is 3. The van der Waals surface area contributed by atoms with Crippen molar-refractivity contribution in [2.45, 2.75) is 18.0 Å². The standard InChI is InChI=1S/C23H17F3N2O3S2/c1-14-2-9-19(10-3-14)33(30,31)28-18-7-5-17(6-8-18)27-22(29)21-13-15-12-16(23(24,25)26)4-11-20(15)32-21/h2-13,28H,1H3,(H,27,29). The van der Waals surface area contributed by atoms with Gasteiger partial charge in [-0.15, -0.1) is 11.3 Å². The van der Waals surface area contributed by atoms with Gasteiger partial charge in [0.2, 0.25) is 0 Å². The highest BCUT2D eigenvalue weighted by Crippen LogP contribution is 2.34. The molecule has 4 rings (SSSR count). The van der Waals surface area contributed by atoms with Crippen LogP contribution in [0.5, 0.6) is 0 Å². The summed E-state index contributed by atoms with van der Waals surface area (Å²) in [5.74, 6) is -0.474. The van der Waals surface area contributed by atoms with Gasteiger partial charge in [-0.2, -0.15) is 13.2 Å². The van der Waals surface area contributed by atoms with Crippen LogP contribution >= 0.6 is 11.3 Å². The van der Waals surface area contributed by atoms with Crippen molar-refractivity contribution >= 4 is 48.7 Å². The molecule has 1 aromatic heterocycles. The average molecular weight is 491 g/mol. The zero-order chi connectivity index (χ0) is 23.8. The lowest BCUT2D eigenvalue weighted by Gasteiger charge is -2.09. The van der Waals surface area contributed by atoms with E-state index < -0.39 is 27.7 Å². The molecule has 0 radical (unpaired) electrons. The fourth-order valence-electron chi connectivity index (χ4n) is 3.08. The monoisotopic (exact) mass is 490 g/mol. The summed E-state index contributed by atoms with van der Waals surface area (Å²) < 4.78 is 66.7. The maximum atomic E-state index is 12.9. The molecule has 0 aliphatic carbocycles. The minimum Gasteiger partial charge on any atom is -0.321 e. The first-order valence-electron chi connectivity index (χ1n) is 9.63. The molecule has 0 saturated heterocycles. The first kappa shape index (κ1) is 22.8. The van der Waals surface area contributed by atoms with Crippen molar-refractivity contribution in [1.82, 2.24) is 0 Å². The van der Waals surface area contributed by atoms with Gasteiger partial charge in [-0.1, -0.05) is 17.7 Å². The minimum absolute atomic E-state index is 0.129. The van der Waals surface area contributed by atoms with E-state index in [0.29, 0.717) is 21.5 Å². The lowest BCUT2D eigenvalue weighted by atomic mass is 10.1. The second-order valence-corrected chi connectivity index (χ2v) is 10.1. The normalized spacial score (nSPS) is 12.0. The summed E-state index contributed by atoms with van der Waals surface area (Å²) in [7, 11) is -3.75. The number of amides is 1. The number of alkyl halides is 3. The Morgan fingerprint density at radius 1 is 0.879 bits per heavy atom. The molecule has 4 aromatic rings. The van der Waals surface area contributed by atoms with Crippen LogP contribution in [0.15, 0.2) is 77.7 Å². The van der Waals surface area contributed by atoms with Crippen LogP contribution < -0.4 is 10.0 Å². The van der Waals surface area contributed by atoms with Crippen LogP contribution in [0.2, 0.25) is 0 Å². The molecule has 0 aliphatic heterocycles. The summed E-state index contributed by atoms with van der Waals surface area (Å²) in [5.41, 5.74) is 0.888. The molecule has 0 unspecified atom stereocenters. The Morgan fingerprint density at radius 3 is 2.15 bits per heavy atom. The number of anilines is 2. The largest absolute Gasteiger partial charge is 0.416 e. The van der Waals surface area contributed by atoms with Crippen molar-refractivity contribution in [2.24, 2.45) is 0 Å². The quantitative estimate of drug-likeness (QED) is 0.346. The molecule has 1 amide bonds. The summed E-state index contributed by atoms with van der Waals surface area (Å²) in [6, 6.07) is 17.2. The van der Waals surface area contributed by atoms with Crippen molar-refractivity contribution < 1.29 is 26.4 Å². The molecule has 170 valence electrons. The summed E-state index contributed by atoms with van der Waals surface area (Å²) >= 11 is 1.08. The third-order valence-electron chi connectivity index (χ3n) is 4.79. The molecular formula is C23H17F3N2O3S2. The van der Waals surface area contributed by atoms with E-state index in [2.05, 4.69) is 10.0 Å². The third-order valence-corrected chi connectivity index (χ3v) is 7.31. The van der Waals surface area contributed by atoms with E-state index in [1.165, 1.54) is 48.5 Å². The van der Waals surface area contributed by atoms with E-state index in [9.17, 15) is 26.4 Å². The summed E-state index contributed by atoms with van der Waals surface area (Å²) in [6.45, 7) is 1.86. The van der Waals surface area contributed by atoms with E-state index in [0.717, 1.165) is 29.0 Å². The number of carbonyl (C=O) groups is 1. The number of aryl methyl sites for hydroxylation is 1. The minimum atomic E-state index is -4.46. The van der Waals surface area contributed by atoms with Crippen LogP contribution in [-0.4, -0.2) is 14.3 Å². The number of fused-ring (bicyclic) bond motifs is 1. The maximum absolute atomic E-state index is 12.9. The second-order valence-electron chi connectivity index (χ2n) is 7.31. The Kier molecular flexibility index (Phi) is 5.89. The number of hydrogen-bond donors (Lipinski definition) is 2. The lowest BCUT2D eigenvalue weighted by Crippen LogP contribution is -2.13. The Balaban J connectivity index is 1.46. The van der Waals surface area contributed by atoms with Crippen LogP contribution in [0.3, 0.4) is 0 Å². The number of rotatable bonds is 5. The van der Waals surface area contributed by atoms with Crippen molar-refractivity contribution in [3.63, 3.8) is 0 Å². The van der Waals surface area contributed by atoms with Crippen molar-refractivity contribution in [3.8, 4) is 0 Å². The smallest absolute Gasteiger partial charge is 0.321 e. The van der Waals surface area contributed by atoms with Crippen LogP contribution in [-0.2, 0) is 16.2 Å². The third kappa shape index (κ3) is 5.18. The molecule has 2 N–H and O–H groups in total. The van der Waals surface area contributed by atoms with E-state index >= 15 is 0 Å². The van der Waals surface area contributed by atoms with Gasteiger partial charge < -0.3 is 5.32 Å². The molecule has 0 saturated carbocycles. The van der Waals surface area contributed by atoms with Gasteiger partial charge in [0, 0.05) is 16.1 Å². The van der Waals surface area contributed by atoms with Crippen LogP contribution in [0, 0.1) is 6.92 Å². The van der Waals surface area contributed by atoms with E-state index in [1.54, 1.807) is 12.1 Å². The molecule has 5 nitrogen and oxygen atoms in total. The average Bonchev–Trinajstić information content (AvgIpc) is 3.18. The fourth-order valence-corrected chi connectivity index (χ4v) is 5.07. The zero-order valence-corrected chi connectivity index (χ0v) is 18.7. The van der Waals surface area contributed by atoms with Crippen molar-refractivity contribution in [3.05, 3.63) is 88.8 Å². The Morgan fingerprint density at radius 2 is 1.52 bits per heavy atom. The highest BCUT2D eigenvalue weighted by molar-refractivity contribution is 7.92. The van der Waals surface area contributed by atoms with Crippen molar-refractivity contribution in [2.75, 3.05) is 10.0 Å². The zero-order valence-electron chi connectivity index (χ0n) is 17.1. The number of nitrogens with one attached hydrogen (secondary N) is 2. The number of hydrogen-bond acceptors (Lipinski definition) is 4. The molecule has 0 atom stereocenters. The Bertz CT molecular complexity index is 1430. The van der Waals surface area contributed by atoms with Gasteiger partial charge in [0.05, 0.1) is 15.3 Å². The van der Waals surface area contributed by atoms with Gasteiger partial charge >= 0.3 is 6.18 Å². The van der Waals surface area contributed by atoms with E-state index in [4.69, 9.17) is 0 Å². The van der Waals surface area contributed by atoms with Crippen molar-refractivity contribution in [1.29, 1.82) is 0 Å². The van der Waals surface area contributed by atoms with Gasteiger partial charge in [-0.05, 0) is 73.0 Å². The molecule has 0 aliphatic rings. The molecule has 3 aromatic carbocycles. The molecule has 0 bridgehead atoms. The summed E-state index contributed by atoms with van der Waals surface area (Å²) in [5, 5.41) is 3.00. The summed E-state index contributed by atoms with van der Waals surface area (Å²) in [4.78, 5) is 12.9.